The summed E-state index contributed by atoms with van der Waals surface area (Å²) in [4.78, 5) is 39.6. The van der Waals surface area contributed by atoms with Crippen molar-refractivity contribution in [2.75, 3.05) is 7.05 Å². The molecule has 10 nitrogen and oxygen atoms in total. The average molecular weight is 554 g/mol. The summed E-state index contributed by atoms with van der Waals surface area (Å²) in [5.41, 5.74) is 5.93. The lowest BCUT2D eigenvalue weighted by Crippen LogP contribution is -2.26. The smallest absolute Gasteiger partial charge is 0.440 e. The van der Waals surface area contributed by atoms with Crippen LogP contribution in [0.2, 0.25) is 0 Å². The first-order chi connectivity index (χ1) is 19.8. The number of aryl methyl sites for hydroxylation is 2. The molecule has 0 aliphatic rings. The van der Waals surface area contributed by atoms with E-state index in [4.69, 9.17) is 9.26 Å². The van der Waals surface area contributed by atoms with E-state index in [2.05, 4.69) is 16.1 Å². The minimum absolute atomic E-state index is 0.0400. The number of ether oxygens (including phenoxy) is 1. The first kappa shape index (κ1) is 27.4. The maximum Gasteiger partial charge on any atom is 0.440 e. The van der Waals surface area contributed by atoms with Gasteiger partial charge < -0.3 is 14.2 Å². The first-order valence-corrected chi connectivity index (χ1v) is 13.3. The van der Waals surface area contributed by atoms with E-state index in [0.717, 1.165) is 44.7 Å². The van der Waals surface area contributed by atoms with Gasteiger partial charge in [0.2, 0.25) is 0 Å². The molecular formula is C31H31N5O5. The molecule has 1 amide bonds. The Balaban J connectivity index is 1.22. The van der Waals surface area contributed by atoms with Crippen LogP contribution in [0.3, 0.4) is 0 Å². The van der Waals surface area contributed by atoms with E-state index in [1.807, 2.05) is 85.4 Å². The van der Waals surface area contributed by atoms with Gasteiger partial charge in [-0.05, 0) is 72.0 Å². The molecule has 210 valence electrons. The second-order valence-corrected chi connectivity index (χ2v) is 9.87. The molecule has 0 bridgehead atoms. The fraction of sp³-hybridized carbons (Fsp3) is 0.226. The van der Waals surface area contributed by atoms with Gasteiger partial charge in [-0.25, -0.2) is 14.6 Å². The molecule has 0 saturated heterocycles. The number of benzene rings is 3. The zero-order valence-corrected chi connectivity index (χ0v) is 23.2. The van der Waals surface area contributed by atoms with Gasteiger partial charge in [-0.3, -0.25) is 9.48 Å². The van der Waals surface area contributed by atoms with Gasteiger partial charge in [-0.15, -0.1) is 4.74 Å². The quantitative estimate of drug-likeness (QED) is 0.277. The van der Waals surface area contributed by atoms with E-state index in [0.29, 0.717) is 24.5 Å². The van der Waals surface area contributed by atoms with Crippen LogP contribution >= 0.6 is 0 Å². The number of carbonyl (C=O) groups is 1. The molecule has 0 radical (unpaired) electrons. The monoisotopic (exact) mass is 553 g/mol. The van der Waals surface area contributed by atoms with E-state index >= 15 is 0 Å². The van der Waals surface area contributed by atoms with Crippen molar-refractivity contribution in [3.63, 3.8) is 0 Å². The molecule has 0 aliphatic carbocycles. The third kappa shape index (κ3) is 6.55. The summed E-state index contributed by atoms with van der Waals surface area (Å²) in [6.45, 7) is 5.84. The van der Waals surface area contributed by atoms with E-state index in [1.54, 1.807) is 18.1 Å². The Morgan fingerprint density at radius 3 is 2.51 bits per heavy atom. The van der Waals surface area contributed by atoms with Crippen LogP contribution in [0.15, 0.2) is 93.2 Å². The summed E-state index contributed by atoms with van der Waals surface area (Å²) in [7, 11) is 1.80. The largest absolute Gasteiger partial charge is 0.489 e. The minimum atomic E-state index is -0.781. The lowest BCUT2D eigenvalue weighted by atomic mass is 9.97. The van der Waals surface area contributed by atoms with Gasteiger partial charge in [0.25, 0.3) is 5.91 Å². The highest BCUT2D eigenvalue weighted by atomic mass is 16.5. The topological polar surface area (TPSA) is 115 Å². The van der Waals surface area contributed by atoms with Crippen molar-refractivity contribution in [3.8, 4) is 16.9 Å². The van der Waals surface area contributed by atoms with Crippen LogP contribution in [0.5, 0.6) is 5.75 Å². The summed E-state index contributed by atoms with van der Waals surface area (Å²) in [6, 6.07) is 21.1. The fourth-order valence-electron chi connectivity index (χ4n) is 4.62. The Kier molecular flexibility index (Phi) is 8.00. The summed E-state index contributed by atoms with van der Waals surface area (Å²) in [5.74, 6) is -0.148. The SMILES string of the molecule is CCn1cc(CN(C)C(=O)c2ccc(-c3cccc(COc4ccc(Cn5oc(=O)[nH]c5=O)cc4)c3)c(C)c2)cn1. The van der Waals surface area contributed by atoms with E-state index in [9.17, 15) is 14.4 Å². The van der Waals surface area contributed by atoms with Gasteiger partial charge in [0.15, 0.2) is 0 Å². The maximum atomic E-state index is 13.1. The molecule has 2 heterocycles. The second-order valence-electron chi connectivity index (χ2n) is 9.87. The molecule has 0 aliphatic heterocycles. The van der Waals surface area contributed by atoms with Crippen LogP contribution < -0.4 is 16.2 Å². The van der Waals surface area contributed by atoms with E-state index < -0.39 is 11.4 Å². The Morgan fingerprint density at radius 2 is 1.83 bits per heavy atom. The molecule has 0 fully saturated rings. The van der Waals surface area contributed by atoms with Gasteiger partial charge in [0, 0.05) is 37.5 Å². The molecule has 5 aromatic rings. The van der Waals surface area contributed by atoms with Gasteiger partial charge in [-0.2, -0.15) is 5.10 Å². The van der Waals surface area contributed by atoms with Crippen LogP contribution in [0.25, 0.3) is 11.1 Å². The third-order valence-electron chi connectivity index (χ3n) is 6.77. The molecule has 2 aromatic heterocycles. The molecular weight excluding hydrogens is 522 g/mol. The highest BCUT2D eigenvalue weighted by molar-refractivity contribution is 5.95. The molecule has 41 heavy (non-hydrogen) atoms. The van der Waals surface area contributed by atoms with Crippen molar-refractivity contribution >= 4 is 5.91 Å². The standard InChI is InChI=1S/C31H31N5O5/c1-4-35-18-24(16-32-35)17-34(3)29(37)26-10-13-28(21(2)14-26)25-7-5-6-23(15-25)20-40-27-11-8-22(9-12-27)19-36-30(38)33-31(39)41-36/h5-16,18H,4,17,19-20H2,1-3H3,(H,33,38,39). The van der Waals surface area contributed by atoms with Crippen molar-refractivity contribution in [3.05, 3.63) is 128 Å². The van der Waals surface area contributed by atoms with Crippen molar-refractivity contribution in [2.24, 2.45) is 0 Å². The lowest BCUT2D eigenvalue weighted by molar-refractivity contribution is 0.0785. The number of amides is 1. The zero-order valence-electron chi connectivity index (χ0n) is 23.2. The summed E-state index contributed by atoms with van der Waals surface area (Å²) in [5, 5.41) is 4.28. The van der Waals surface area contributed by atoms with E-state index in [-0.39, 0.29) is 12.5 Å². The van der Waals surface area contributed by atoms with Crippen LogP contribution in [0.1, 0.15) is 39.5 Å². The normalized spacial score (nSPS) is 11.0. The second kappa shape index (κ2) is 12.0. The molecule has 5 rings (SSSR count). The van der Waals surface area contributed by atoms with Crippen LogP contribution in [-0.2, 0) is 26.2 Å². The molecule has 1 N–H and O–H groups in total. The maximum absolute atomic E-state index is 13.1. The molecule has 0 saturated carbocycles. The lowest BCUT2D eigenvalue weighted by Gasteiger charge is -2.17. The highest BCUT2D eigenvalue weighted by Crippen LogP contribution is 2.26. The van der Waals surface area contributed by atoms with Crippen molar-refractivity contribution in [1.29, 1.82) is 0 Å². The van der Waals surface area contributed by atoms with Crippen molar-refractivity contribution in [1.82, 2.24) is 24.4 Å². The Bertz CT molecular complexity index is 1780. The van der Waals surface area contributed by atoms with Crippen LogP contribution in [0, 0.1) is 6.92 Å². The number of H-pyrrole nitrogens is 1. The number of aromatic amines is 1. The molecule has 10 heteroatoms. The van der Waals surface area contributed by atoms with Gasteiger partial charge in [0.05, 0.1) is 12.7 Å². The predicted molar refractivity (Wildman–Crippen MR) is 154 cm³/mol. The summed E-state index contributed by atoms with van der Waals surface area (Å²) < 4.78 is 13.6. The number of aromatic nitrogens is 4. The van der Waals surface area contributed by atoms with Gasteiger partial charge in [-0.1, -0.05) is 36.4 Å². The Hall–Kier alpha value is -5.12. The number of hydrogen-bond acceptors (Lipinski definition) is 6. The number of hydrogen-bond donors (Lipinski definition) is 1. The number of nitrogens with one attached hydrogen (secondary N) is 1. The zero-order chi connectivity index (χ0) is 28.9. The number of nitrogens with zero attached hydrogens (tertiary/aromatic N) is 4. The Morgan fingerprint density at radius 1 is 1.02 bits per heavy atom. The Labute approximate surface area is 236 Å². The molecule has 0 unspecified atom stereocenters. The first-order valence-electron chi connectivity index (χ1n) is 13.3. The molecule has 3 aromatic carbocycles. The average Bonchev–Trinajstić information content (AvgIpc) is 3.56. The third-order valence-corrected chi connectivity index (χ3v) is 6.77. The summed E-state index contributed by atoms with van der Waals surface area (Å²) in [6.07, 6.45) is 3.75. The van der Waals surface area contributed by atoms with E-state index in [1.165, 1.54) is 0 Å². The molecule has 0 spiro atoms. The van der Waals surface area contributed by atoms with Crippen LogP contribution in [0.4, 0.5) is 0 Å². The highest BCUT2D eigenvalue weighted by Gasteiger charge is 2.15. The van der Waals surface area contributed by atoms with Crippen molar-refractivity contribution in [2.45, 2.75) is 40.1 Å². The fourth-order valence-corrected chi connectivity index (χ4v) is 4.62. The minimum Gasteiger partial charge on any atom is -0.489 e. The number of rotatable bonds is 10. The predicted octanol–water partition coefficient (Wildman–Crippen LogP) is 4.22. The van der Waals surface area contributed by atoms with Gasteiger partial charge >= 0.3 is 11.4 Å². The molecule has 0 atom stereocenters. The van der Waals surface area contributed by atoms with Crippen molar-refractivity contribution < 1.29 is 14.1 Å². The summed E-state index contributed by atoms with van der Waals surface area (Å²) >= 11 is 0. The van der Waals surface area contributed by atoms with Crippen LogP contribution in [-0.4, -0.2) is 37.4 Å². The number of carbonyl (C=O) groups excluding carboxylic acids is 1. The van der Waals surface area contributed by atoms with Gasteiger partial charge in [0.1, 0.15) is 12.4 Å².